The summed E-state index contributed by atoms with van der Waals surface area (Å²) >= 11 is 2.64. The summed E-state index contributed by atoms with van der Waals surface area (Å²) in [5, 5.41) is 3.55. The van der Waals surface area contributed by atoms with E-state index in [0.717, 1.165) is 33.9 Å². The molecule has 0 aliphatic carbocycles. The number of benzene rings is 1. The quantitative estimate of drug-likeness (QED) is 0.844. The molecule has 0 unspecified atom stereocenters. The van der Waals surface area contributed by atoms with Crippen LogP contribution in [0, 0.1) is 6.92 Å². The molecule has 5 nitrogen and oxygen atoms in total. The zero-order valence-corrected chi connectivity index (χ0v) is 13.1. The molecule has 3 rings (SSSR count). The van der Waals surface area contributed by atoms with Crippen LogP contribution in [0.3, 0.4) is 0 Å². The van der Waals surface area contributed by atoms with E-state index in [2.05, 4.69) is 15.3 Å². The highest BCUT2D eigenvalue weighted by Crippen LogP contribution is 2.21. The van der Waals surface area contributed by atoms with Crippen LogP contribution in [0.2, 0.25) is 0 Å². The van der Waals surface area contributed by atoms with Crippen LogP contribution < -0.4 is 5.32 Å². The van der Waals surface area contributed by atoms with Crippen molar-refractivity contribution in [3.8, 4) is 0 Å². The first-order valence-corrected chi connectivity index (χ1v) is 8.64. The van der Waals surface area contributed by atoms with Crippen LogP contribution in [0.5, 0.6) is 0 Å². The molecular weight excluding hydrogens is 306 g/mol. The molecule has 1 atom stereocenters. The number of rotatable bonds is 4. The summed E-state index contributed by atoms with van der Waals surface area (Å²) < 4.78 is 0. The molecule has 0 bridgehead atoms. The van der Waals surface area contributed by atoms with Crippen molar-refractivity contribution < 1.29 is 9.59 Å². The lowest BCUT2D eigenvalue weighted by Crippen LogP contribution is -2.38. The van der Waals surface area contributed by atoms with Crippen LogP contribution in [-0.2, 0) is 9.59 Å². The van der Waals surface area contributed by atoms with Crippen LogP contribution in [0.15, 0.2) is 23.4 Å². The van der Waals surface area contributed by atoms with Gasteiger partial charge in [-0.1, -0.05) is 29.6 Å². The highest BCUT2D eigenvalue weighted by molar-refractivity contribution is 8.14. The number of carbonyl (C=O) groups excluding carboxylic acids is 2. The summed E-state index contributed by atoms with van der Waals surface area (Å²) in [6.07, 6.45) is 0.726. The maximum absolute atomic E-state index is 11.9. The average molecular weight is 321 g/mol. The third-order valence-electron chi connectivity index (χ3n) is 3.23. The Balaban J connectivity index is 1.58. The van der Waals surface area contributed by atoms with Gasteiger partial charge in [-0.15, -0.1) is 0 Å². The van der Waals surface area contributed by atoms with E-state index in [-0.39, 0.29) is 22.8 Å². The number of nitrogens with one attached hydrogen (secondary N) is 2. The minimum absolute atomic E-state index is 0.0626. The Morgan fingerprint density at radius 1 is 1.57 bits per heavy atom. The van der Waals surface area contributed by atoms with E-state index in [1.807, 2.05) is 25.1 Å². The van der Waals surface area contributed by atoms with E-state index in [0.29, 0.717) is 0 Å². The molecule has 1 aromatic carbocycles. The number of hydrogen-bond acceptors (Lipinski definition) is 5. The summed E-state index contributed by atoms with van der Waals surface area (Å²) in [7, 11) is 0. The van der Waals surface area contributed by atoms with E-state index < -0.39 is 0 Å². The number of amides is 1. The molecule has 2 N–H and O–H groups in total. The Kier molecular flexibility index (Phi) is 4.21. The van der Waals surface area contributed by atoms with Crippen molar-refractivity contribution in [3.63, 3.8) is 0 Å². The predicted octanol–water partition coefficient (Wildman–Crippen LogP) is 2.11. The number of H-pyrrole nitrogens is 1. The van der Waals surface area contributed by atoms with Crippen molar-refractivity contribution >= 4 is 45.6 Å². The van der Waals surface area contributed by atoms with Gasteiger partial charge in [-0.05, 0) is 31.0 Å². The zero-order chi connectivity index (χ0) is 14.8. The standard InChI is InChI=1S/C14H15N3O2S2/c1-8-2-3-9-11(6-8)17-14(16-9)21-7-12(18)15-10-4-5-20-13(10)19/h2-3,6,10H,4-5,7H2,1H3,(H,15,18)(H,16,17)/t10-/m0/s1. The smallest absolute Gasteiger partial charge is 0.231 e. The van der Waals surface area contributed by atoms with Crippen LogP contribution in [-0.4, -0.2) is 38.5 Å². The largest absolute Gasteiger partial charge is 0.345 e. The third kappa shape index (κ3) is 3.41. The summed E-state index contributed by atoms with van der Waals surface area (Å²) in [6.45, 7) is 2.02. The topological polar surface area (TPSA) is 74.8 Å². The molecule has 1 aliphatic heterocycles. The molecule has 0 saturated carbocycles. The lowest BCUT2D eigenvalue weighted by molar-refractivity contribution is -0.122. The number of carbonyl (C=O) groups is 2. The second kappa shape index (κ2) is 6.11. The Bertz CT molecular complexity index is 699. The lowest BCUT2D eigenvalue weighted by atomic mass is 10.2. The second-order valence-electron chi connectivity index (χ2n) is 4.93. The fourth-order valence-corrected chi connectivity index (χ4v) is 3.79. The van der Waals surface area contributed by atoms with Crippen molar-refractivity contribution in [1.82, 2.24) is 15.3 Å². The Morgan fingerprint density at radius 2 is 2.43 bits per heavy atom. The number of hydrogen-bond donors (Lipinski definition) is 2. The van der Waals surface area contributed by atoms with Crippen molar-refractivity contribution in [2.24, 2.45) is 0 Å². The molecule has 1 aromatic heterocycles. The first kappa shape index (κ1) is 14.5. The molecule has 1 aliphatic rings. The number of fused-ring (bicyclic) bond motifs is 1. The second-order valence-corrected chi connectivity index (χ2v) is 6.99. The minimum Gasteiger partial charge on any atom is -0.345 e. The zero-order valence-electron chi connectivity index (χ0n) is 11.5. The number of aromatic amines is 1. The van der Waals surface area contributed by atoms with Gasteiger partial charge in [-0.2, -0.15) is 0 Å². The summed E-state index contributed by atoms with van der Waals surface area (Å²) in [6, 6.07) is 5.68. The first-order chi connectivity index (χ1) is 10.1. The van der Waals surface area contributed by atoms with Crippen LogP contribution >= 0.6 is 23.5 Å². The molecule has 2 aromatic rings. The minimum atomic E-state index is -0.318. The Hall–Kier alpha value is -1.47. The van der Waals surface area contributed by atoms with Gasteiger partial charge in [0.1, 0.15) is 0 Å². The summed E-state index contributed by atoms with van der Waals surface area (Å²) in [5.41, 5.74) is 3.03. The first-order valence-electron chi connectivity index (χ1n) is 6.67. The lowest BCUT2D eigenvalue weighted by Gasteiger charge is -2.08. The molecule has 1 amide bonds. The fourth-order valence-electron chi connectivity index (χ4n) is 2.17. The van der Waals surface area contributed by atoms with Crippen LogP contribution in [0.1, 0.15) is 12.0 Å². The molecule has 2 heterocycles. The molecular formula is C14H15N3O2S2. The molecule has 1 saturated heterocycles. The van der Waals surface area contributed by atoms with E-state index in [1.165, 1.54) is 23.5 Å². The number of nitrogens with zero attached hydrogens (tertiary/aromatic N) is 1. The monoisotopic (exact) mass is 321 g/mol. The molecule has 0 radical (unpaired) electrons. The number of thioether (sulfide) groups is 2. The van der Waals surface area contributed by atoms with Crippen molar-refractivity contribution in [2.75, 3.05) is 11.5 Å². The Morgan fingerprint density at radius 3 is 3.19 bits per heavy atom. The third-order valence-corrected chi connectivity index (χ3v) is 5.11. The van der Waals surface area contributed by atoms with Crippen molar-refractivity contribution in [1.29, 1.82) is 0 Å². The van der Waals surface area contributed by atoms with Crippen molar-refractivity contribution in [2.45, 2.75) is 24.5 Å². The van der Waals surface area contributed by atoms with E-state index >= 15 is 0 Å². The van der Waals surface area contributed by atoms with Gasteiger partial charge in [0.2, 0.25) is 11.0 Å². The van der Waals surface area contributed by atoms with Gasteiger partial charge in [0, 0.05) is 5.75 Å². The summed E-state index contributed by atoms with van der Waals surface area (Å²) in [4.78, 5) is 30.9. The van der Waals surface area contributed by atoms with Gasteiger partial charge in [0.05, 0.1) is 22.8 Å². The number of aryl methyl sites for hydroxylation is 1. The van der Waals surface area contributed by atoms with Gasteiger partial charge < -0.3 is 10.3 Å². The Labute approximate surface area is 130 Å². The van der Waals surface area contributed by atoms with E-state index in [1.54, 1.807) is 0 Å². The molecule has 1 fully saturated rings. The maximum Gasteiger partial charge on any atom is 0.231 e. The van der Waals surface area contributed by atoms with Gasteiger partial charge in [0.25, 0.3) is 0 Å². The van der Waals surface area contributed by atoms with Crippen LogP contribution in [0.4, 0.5) is 0 Å². The van der Waals surface area contributed by atoms with Crippen molar-refractivity contribution in [3.05, 3.63) is 23.8 Å². The van der Waals surface area contributed by atoms with Gasteiger partial charge in [0.15, 0.2) is 5.16 Å². The molecule has 0 spiro atoms. The SMILES string of the molecule is Cc1ccc2nc(SCC(=O)N[C@H]3CCSC3=O)[nH]c2c1. The summed E-state index contributed by atoms with van der Waals surface area (Å²) in [5.74, 6) is 0.921. The maximum atomic E-state index is 11.9. The predicted molar refractivity (Wildman–Crippen MR) is 85.6 cm³/mol. The fraction of sp³-hybridized carbons (Fsp3) is 0.357. The molecule has 21 heavy (non-hydrogen) atoms. The van der Waals surface area contributed by atoms with E-state index in [4.69, 9.17) is 0 Å². The molecule has 7 heteroatoms. The van der Waals surface area contributed by atoms with Crippen LogP contribution in [0.25, 0.3) is 11.0 Å². The average Bonchev–Trinajstić information content (AvgIpc) is 3.02. The highest BCUT2D eigenvalue weighted by atomic mass is 32.2. The van der Waals surface area contributed by atoms with Gasteiger partial charge >= 0.3 is 0 Å². The molecule has 110 valence electrons. The number of imidazole rings is 1. The number of aromatic nitrogens is 2. The van der Waals surface area contributed by atoms with E-state index in [9.17, 15) is 9.59 Å². The van der Waals surface area contributed by atoms with Gasteiger partial charge in [-0.3, -0.25) is 9.59 Å². The van der Waals surface area contributed by atoms with Gasteiger partial charge in [-0.25, -0.2) is 4.98 Å². The normalized spacial score (nSPS) is 18.3. The highest BCUT2D eigenvalue weighted by Gasteiger charge is 2.26.